The fourth-order valence-corrected chi connectivity index (χ4v) is 2.12. The molecule has 2 N–H and O–H groups in total. The largest absolute Gasteiger partial charge is 0.380 e. The Balaban J connectivity index is 2.03. The average Bonchev–Trinajstić information content (AvgIpc) is 2.22. The van der Waals surface area contributed by atoms with E-state index in [0.717, 1.165) is 36.0 Å². The monoisotopic (exact) mass is 270 g/mol. The third-order valence-electron chi connectivity index (χ3n) is 2.67. The number of nitrogens with zero attached hydrogens (tertiary/aromatic N) is 1. The molecule has 1 aromatic heterocycles. The summed E-state index contributed by atoms with van der Waals surface area (Å²) in [6.07, 6.45) is 4.67. The van der Waals surface area contributed by atoms with E-state index in [1.807, 2.05) is 18.3 Å². The quantitative estimate of drug-likeness (QED) is 0.893. The van der Waals surface area contributed by atoms with Crippen molar-refractivity contribution in [3.63, 3.8) is 0 Å². The van der Waals surface area contributed by atoms with Crippen LogP contribution in [0.15, 0.2) is 22.8 Å². The summed E-state index contributed by atoms with van der Waals surface area (Å²) < 4.78 is 6.42. The van der Waals surface area contributed by atoms with E-state index in [1.165, 1.54) is 0 Å². The van der Waals surface area contributed by atoms with Crippen molar-refractivity contribution in [2.45, 2.75) is 24.8 Å². The molecule has 1 aliphatic rings. The van der Waals surface area contributed by atoms with Crippen molar-refractivity contribution in [3.05, 3.63) is 28.5 Å². The van der Waals surface area contributed by atoms with Gasteiger partial charge in [-0.15, -0.1) is 0 Å². The molecule has 1 aromatic rings. The van der Waals surface area contributed by atoms with Crippen LogP contribution in [0.25, 0.3) is 0 Å². The number of hydrogen-bond donors (Lipinski definition) is 1. The summed E-state index contributed by atoms with van der Waals surface area (Å²) in [5, 5.41) is 0. The van der Waals surface area contributed by atoms with Gasteiger partial charge in [0.05, 0.1) is 6.61 Å². The summed E-state index contributed by atoms with van der Waals surface area (Å²) in [5.41, 5.74) is 7.06. The van der Waals surface area contributed by atoms with E-state index in [0.29, 0.717) is 6.61 Å². The Labute approximate surface area is 98.2 Å². The Morgan fingerprint density at radius 2 is 2.40 bits per heavy atom. The lowest BCUT2D eigenvalue weighted by Gasteiger charge is -2.32. The summed E-state index contributed by atoms with van der Waals surface area (Å²) in [7, 11) is 0. The van der Waals surface area contributed by atoms with Crippen LogP contribution in [0, 0.1) is 0 Å². The molecule has 1 fully saturated rings. The molecule has 0 aromatic carbocycles. The highest BCUT2D eigenvalue weighted by Crippen LogP contribution is 2.21. The van der Waals surface area contributed by atoms with Gasteiger partial charge in [0.25, 0.3) is 0 Å². The molecular weight excluding hydrogens is 256 g/mol. The molecule has 0 aliphatic carbocycles. The van der Waals surface area contributed by atoms with Gasteiger partial charge in [-0.3, -0.25) is 4.98 Å². The summed E-state index contributed by atoms with van der Waals surface area (Å²) in [6.45, 7) is 1.48. The van der Waals surface area contributed by atoms with Gasteiger partial charge >= 0.3 is 0 Å². The maximum absolute atomic E-state index is 6.25. The van der Waals surface area contributed by atoms with Crippen LogP contribution in [0.5, 0.6) is 0 Å². The zero-order valence-electron chi connectivity index (χ0n) is 8.58. The molecule has 1 atom stereocenters. The molecule has 0 saturated carbocycles. The van der Waals surface area contributed by atoms with Gasteiger partial charge in [0.2, 0.25) is 0 Å². The smallest absolute Gasteiger partial charge is 0.0650 e. The van der Waals surface area contributed by atoms with Crippen molar-refractivity contribution in [1.29, 1.82) is 0 Å². The van der Waals surface area contributed by atoms with Crippen molar-refractivity contribution in [1.82, 2.24) is 4.98 Å². The Morgan fingerprint density at radius 1 is 1.53 bits per heavy atom. The van der Waals surface area contributed by atoms with Gasteiger partial charge in [-0.25, -0.2) is 0 Å². The maximum Gasteiger partial charge on any atom is 0.0650 e. The molecule has 15 heavy (non-hydrogen) atoms. The van der Waals surface area contributed by atoms with Crippen molar-refractivity contribution in [3.8, 4) is 0 Å². The highest BCUT2D eigenvalue weighted by Gasteiger charge is 2.28. The third-order valence-corrected chi connectivity index (χ3v) is 3.14. The van der Waals surface area contributed by atoms with Crippen LogP contribution >= 0.6 is 15.9 Å². The first kappa shape index (κ1) is 11.0. The lowest BCUT2D eigenvalue weighted by Crippen LogP contribution is -2.49. The van der Waals surface area contributed by atoms with Gasteiger partial charge in [-0.2, -0.15) is 0 Å². The van der Waals surface area contributed by atoms with Crippen LogP contribution in [0.2, 0.25) is 0 Å². The maximum atomic E-state index is 6.25. The van der Waals surface area contributed by atoms with Crippen LogP contribution in [0.4, 0.5) is 0 Å². The number of halogens is 1. The van der Waals surface area contributed by atoms with E-state index in [1.54, 1.807) is 0 Å². The third kappa shape index (κ3) is 3.00. The van der Waals surface area contributed by atoms with Gasteiger partial charge in [-0.1, -0.05) is 0 Å². The van der Waals surface area contributed by atoms with E-state index in [9.17, 15) is 0 Å². The SMILES string of the molecule is NC1(Cc2ccc(Br)cn2)CCCOC1. The first-order valence-electron chi connectivity index (χ1n) is 5.15. The van der Waals surface area contributed by atoms with Gasteiger partial charge in [0, 0.05) is 34.9 Å². The molecule has 0 amide bonds. The molecule has 0 bridgehead atoms. The number of aromatic nitrogens is 1. The predicted molar refractivity (Wildman–Crippen MR) is 62.6 cm³/mol. The summed E-state index contributed by atoms with van der Waals surface area (Å²) in [4.78, 5) is 4.34. The van der Waals surface area contributed by atoms with Crippen molar-refractivity contribution in [2.24, 2.45) is 5.73 Å². The molecule has 1 saturated heterocycles. The number of pyridine rings is 1. The molecule has 1 unspecified atom stereocenters. The molecule has 82 valence electrons. The molecule has 3 nitrogen and oxygen atoms in total. The average molecular weight is 271 g/mol. The second-order valence-corrected chi connectivity index (χ2v) is 5.08. The fourth-order valence-electron chi connectivity index (χ4n) is 1.89. The van der Waals surface area contributed by atoms with E-state index >= 15 is 0 Å². The standard InChI is InChI=1S/C11H15BrN2O/c12-9-2-3-10(14-7-9)6-11(13)4-1-5-15-8-11/h2-3,7H,1,4-6,8,13H2. The lowest BCUT2D eigenvalue weighted by atomic mass is 9.88. The second kappa shape index (κ2) is 4.60. The Hall–Kier alpha value is -0.450. The first-order valence-corrected chi connectivity index (χ1v) is 5.94. The van der Waals surface area contributed by atoms with Crippen LogP contribution in [0.1, 0.15) is 18.5 Å². The lowest BCUT2D eigenvalue weighted by molar-refractivity contribution is 0.0378. The molecule has 2 heterocycles. The highest BCUT2D eigenvalue weighted by atomic mass is 79.9. The Kier molecular flexibility index (Phi) is 3.38. The van der Waals surface area contributed by atoms with Gasteiger partial charge < -0.3 is 10.5 Å². The highest BCUT2D eigenvalue weighted by molar-refractivity contribution is 9.10. The number of rotatable bonds is 2. The topological polar surface area (TPSA) is 48.1 Å². The van der Waals surface area contributed by atoms with E-state index < -0.39 is 0 Å². The van der Waals surface area contributed by atoms with Crippen molar-refractivity contribution >= 4 is 15.9 Å². The molecule has 4 heteroatoms. The summed E-state index contributed by atoms with van der Waals surface area (Å²) >= 11 is 3.37. The summed E-state index contributed by atoms with van der Waals surface area (Å²) in [6, 6.07) is 4.00. The van der Waals surface area contributed by atoms with Crippen molar-refractivity contribution in [2.75, 3.05) is 13.2 Å². The van der Waals surface area contributed by atoms with Gasteiger partial charge in [0.15, 0.2) is 0 Å². The van der Waals surface area contributed by atoms with E-state index in [2.05, 4.69) is 20.9 Å². The van der Waals surface area contributed by atoms with Gasteiger partial charge in [-0.05, 0) is 40.9 Å². The van der Waals surface area contributed by atoms with E-state index in [4.69, 9.17) is 10.5 Å². The van der Waals surface area contributed by atoms with Crippen LogP contribution in [-0.2, 0) is 11.2 Å². The normalized spacial score (nSPS) is 26.5. The number of ether oxygens (including phenoxy) is 1. The number of nitrogens with two attached hydrogens (primary N) is 1. The second-order valence-electron chi connectivity index (χ2n) is 4.16. The van der Waals surface area contributed by atoms with Crippen LogP contribution in [0.3, 0.4) is 0 Å². The zero-order valence-corrected chi connectivity index (χ0v) is 10.2. The predicted octanol–water partition coefficient (Wildman–Crippen LogP) is 1.89. The van der Waals surface area contributed by atoms with E-state index in [-0.39, 0.29) is 5.54 Å². The first-order chi connectivity index (χ1) is 7.18. The minimum Gasteiger partial charge on any atom is -0.380 e. The molecule has 2 rings (SSSR count). The molecule has 0 radical (unpaired) electrons. The number of hydrogen-bond acceptors (Lipinski definition) is 3. The molecule has 1 aliphatic heterocycles. The zero-order chi connectivity index (χ0) is 10.7. The minimum atomic E-state index is -0.223. The fraction of sp³-hybridized carbons (Fsp3) is 0.545. The van der Waals surface area contributed by atoms with Gasteiger partial charge in [0.1, 0.15) is 0 Å². The Bertz CT molecular complexity index is 320. The summed E-state index contributed by atoms with van der Waals surface area (Å²) in [5.74, 6) is 0. The minimum absolute atomic E-state index is 0.223. The van der Waals surface area contributed by atoms with Crippen LogP contribution in [-0.4, -0.2) is 23.7 Å². The molecular formula is C11H15BrN2O. The van der Waals surface area contributed by atoms with Crippen molar-refractivity contribution < 1.29 is 4.74 Å². The van der Waals surface area contributed by atoms with Crippen LogP contribution < -0.4 is 5.73 Å². The molecule has 0 spiro atoms. The Morgan fingerprint density at radius 3 is 3.00 bits per heavy atom.